The Balaban J connectivity index is 1.06. The van der Waals surface area contributed by atoms with Crippen molar-refractivity contribution in [3.05, 3.63) is 57.5 Å². The van der Waals surface area contributed by atoms with Gasteiger partial charge in [-0.3, -0.25) is 14.5 Å². The molecule has 1 aromatic carbocycles. The van der Waals surface area contributed by atoms with Gasteiger partial charge in [-0.15, -0.1) is 0 Å². The summed E-state index contributed by atoms with van der Waals surface area (Å²) in [5.41, 5.74) is 2.04. The third-order valence-corrected chi connectivity index (χ3v) is 10.2. The molecule has 4 saturated carbocycles. The first-order valence-electron chi connectivity index (χ1n) is 14.5. The normalized spacial score (nSPS) is 32.0. The average Bonchev–Trinajstić information content (AvgIpc) is 2.90. The smallest absolute Gasteiger partial charge is 0.259 e. The van der Waals surface area contributed by atoms with Crippen LogP contribution in [0.3, 0.4) is 0 Å². The number of carbonyl (C=O) groups excluding carboxylic acids is 1. The van der Waals surface area contributed by atoms with Gasteiger partial charge >= 0.3 is 0 Å². The molecular formula is C31H39N3O4. The predicted octanol–water partition coefficient (Wildman–Crippen LogP) is 4.03. The lowest BCUT2D eigenvalue weighted by molar-refractivity contribution is -0.0987. The van der Waals surface area contributed by atoms with E-state index < -0.39 is 0 Å². The Morgan fingerprint density at radius 3 is 2.24 bits per heavy atom. The van der Waals surface area contributed by atoms with Gasteiger partial charge in [0, 0.05) is 49.2 Å². The second kappa shape index (κ2) is 9.15. The Labute approximate surface area is 224 Å². The minimum atomic E-state index is -0.198. The van der Waals surface area contributed by atoms with E-state index >= 15 is 0 Å². The third-order valence-electron chi connectivity index (χ3n) is 10.2. The van der Waals surface area contributed by atoms with Gasteiger partial charge in [-0.25, -0.2) is 0 Å². The standard InChI is InChI=1S/C31H39N3O4/c1-20-11-26(35)29(21(2)34(20)18-25-19-37-27-5-3-4-6-28(27)38-25)30(36)32-7-9-33(10-8-32)31-15-22-12-23(16-31)14-24(13-22)17-31/h3-6,11,22-25H,7-10,12-19H2,1-2H3. The number of para-hydroxylation sites is 2. The van der Waals surface area contributed by atoms with Gasteiger partial charge in [-0.1, -0.05) is 12.1 Å². The molecule has 2 aliphatic heterocycles. The van der Waals surface area contributed by atoms with Crippen molar-refractivity contribution in [1.82, 2.24) is 14.4 Å². The van der Waals surface area contributed by atoms with Gasteiger partial charge in [0.2, 0.25) is 0 Å². The van der Waals surface area contributed by atoms with Gasteiger partial charge in [0.15, 0.2) is 23.0 Å². The Morgan fingerprint density at radius 2 is 1.58 bits per heavy atom. The summed E-state index contributed by atoms with van der Waals surface area (Å²) < 4.78 is 14.1. The molecule has 0 radical (unpaired) electrons. The lowest BCUT2D eigenvalue weighted by Gasteiger charge is -2.61. The zero-order chi connectivity index (χ0) is 26.0. The van der Waals surface area contributed by atoms with Crippen molar-refractivity contribution in [2.75, 3.05) is 32.8 Å². The van der Waals surface area contributed by atoms with Crippen LogP contribution in [0.1, 0.15) is 60.3 Å². The highest BCUT2D eigenvalue weighted by Crippen LogP contribution is 2.57. The van der Waals surface area contributed by atoms with E-state index in [-0.39, 0.29) is 17.4 Å². The summed E-state index contributed by atoms with van der Waals surface area (Å²) in [6.07, 6.45) is 8.20. The molecule has 0 N–H and O–H groups in total. The number of fused-ring (bicyclic) bond motifs is 1. The van der Waals surface area contributed by atoms with Crippen LogP contribution in [-0.2, 0) is 6.54 Å². The summed E-state index contributed by atoms with van der Waals surface area (Å²) >= 11 is 0. The Morgan fingerprint density at radius 1 is 0.947 bits per heavy atom. The number of benzene rings is 1. The number of rotatable bonds is 4. The highest BCUT2D eigenvalue weighted by Gasteiger charge is 2.53. The highest BCUT2D eigenvalue weighted by molar-refractivity contribution is 5.95. The molecule has 3 heterocycles. The van der Waals surface area contributed by atoms with Crippen LogP contribution < -0.4 is 14.9 Å². The monoisotopic (exact) mass is 517 g/mol. The van der Waals surface area contributed by atoms with Gasteiger partial charge in [-0.2, -0.15) is 0 Å². The second-order valence-electron chi connectivity index (χ2n) is 12.6. The maximum atomic E-state index is 13.8. The molecule has 7 nitrogen and oxygen atoms in total. The lowest BCUT2D eigenvalue weighted by Crippen LogP contribution is -2.64. The number of nitrogens with zero attached hydrogens (tertiary/aromatic N) is 3. The summed E-state index contributed by atoms with van der Waals surface area (Å²) in [5.74, 6) is 4.11. The first kappa shape index (κ1) is 24.3. The summed E-state index contributed by atoms with van der Waals surface area (Å²) in [7, 11) is 0. The molecule has 1 aromatic heterocycles. The summed E-state index contributed by atoms with van der Waals surface area (Å²) in [6.45, 7) is 8.00. The van der Waals surface area contributed by atoms with E-state index in [1.54, 1.807) is 6.07 Å². The van der Waals surface area contributed by atoms with Crippen molar-refractivity contribution < 1.29 is 14.3 Å². The first-order chi connectivity index (χ1) is 18.4. The van der Waals surface area contributed by atoms with Crippen LogP contribution in [0.5, 0.6) is 11.5 Å². The van der Waals surface area contributed by atoms with Crippen molar-refractivity contribution in [3.63, 3.8) is 0 Å². The summed E-state index contributed by atoms with van der Waals surface area (Å²) in [5, 5.41) is 0. The third kappa shape index (κ3) is 4.05. The van der Waals surface area contributed by atoms with Crippen LogP contribution in [0.25, 0.3) is 0 Å². The fraction of sp³-hybridized carbons (Fsp3) is 0.613. The number of pyridine rings is 1. The van der Waals surface area contributed by atoms with Crippen molar-refractivity contribution >= 4 is 5.91 Å². The van der Waals surface area contributed by atoms with Crippen molar-refractivity contribution in [3.8, 4) is 11.5 Å². The molecule has 1 saturated heterocycles. The van der Waals surface area contributed by atoms with Crippen LogP contribution >= 0.6 is 0 Å². The van der Waals surface area contributed by atoms with Gasteiger partial charge in [-0.05, 0) is 82.3 Å². The zero-order valence-electron chi connectivity index (χ0n) is 22.7. The topological polar surface area (TPSA) is 64.0 Å². The average molecular weight is 518 g/mol. The van der Waals surface area contributed by atoms with Crippen LogP contribution in [0.4, 0.5) is 0 Å². The molecule has 2 aromatic rings. The fourth-order valence-corrected chi connectivity index (χ4v) is 8.81. The van der Waals surface area contributed by atoms with Crippen LogP contribution in [-0.4, -0.2) is 64.7 Å². The van der Waals surface area contributed by atoms with Gasteiger partial charge in [0.25, 0.3) is 5.91 Å². The van der Waals surface area contributed by atoms with E-state index in [1.165, 1.54) is 38.5 Å². The largest absolute Gasteiger partial charge is 0.486 e. The summed E-state index contributed by atoms with van der Waals surface area (Å²) in [4.78, 5) is 31.5. The molecule has 7 heteroatoms. The van der Waals surface area contributed by atoms with E-state index in [4.69, 9.17) is 9.47 Å². The van der Waals surface area contributed by atoms with Gasteiger partial charge in [0.1, 0.15) is 12.2 Å². The van der Waals surface area contributed by atoms with E-state index in [0.717, 1.165) is 48.0 Å². The number of amides is 1. The maximum Gasteiger partial charge on any atom is 0.259 e. The quantitative estimate of drug-likeness (QED) is 0.613. The van der Waals surface area contributed by atoms with Crippen molar-refractivity contribution in [2.24, 2.45) is 17.8 Å². The molecule has 1 unspecified atom stereocenters. The molecule has 1 atom stereocenters. The number of piperazine rings is 1. The Hall–Kier alpha value is -2.80. The van der Waals surface area contributed by atoms with Crippen molar-refractivity contribution in [2.45, 2.75) is 70.6 Å². The molecule has 202 valence electrons. The van der Waals surface area contributed by atoms with Gasteiger partial charge < -0.3 is 18.9 Å². The predicted molar refractivity (Wildman–Crippen MR) is 145 cm³/mol. The first-order valence-corrected chi connectivity index (χ1v) is 14.5. The molecule has 6 aliphatic rings. The van der Waals surface area contributed by atoms with E-state index in [1.807, 2.05) is 47.6 Å². The molecule has 4 bridgehead atoms. The minimum absolute atomic E-state index is 0.127. The molecule has 8 rings (SSSR count). The highest BCUT2D eigenvalue weighted by atomic mass is 16.6. The molecule has 4 aliphatic carbocycles. The number of hydrogen-bond donors (Lipinski definition) is 0. The molecule has 0 spiro atoms. The summed E-state index contributed by atoms with van der Waals surface area (Å²) in [6, 6.07) is 9.27. The number of aryl methyl sites for hydroxylation is 1. The fourth-order valence-electron chi connectivity index (χ4n) is 8.81. The van der Waals surface area contributed by atoms with Crippen LogP contribution in [0.15, 0.2) is 35.1 Å². The molecule has 1 amide bonds. The maximum absolute atomic E-state index is 13.8. The van der Waals surface area contributed by atoms with Crippen molar-refractivity contribution in [1.29, 1.82) is 0 Å². The molecule has 5 fully saturated rings. The van der Waals surface area contributed by atoms with E-state index in [0.29, 0.717) is 43.0 Å². The number of ether oxygens (including phenoxy) is 2. The number of aromatic nitrogens is 1. The molecule has 38 heavy (non-hydrogen) atoms. The van der Waals surface area contributed by atoms with Crippen LogP contribution in [0, 0.1) is 31.6 Å². The number of carbonyl (C=O) groups is 1. The molecular weight excluding hydrogens is 478 g/mol. The zero-order valence-corrected chi connectivity index (χ0v) is 22.7. The van der Waals surface area contributed by atoms with E-state index in [2.05, 4.69) is 4.90 Å². The van der Waals surface area contributed by atoms with E-state index in [9.17, 15) is 9.59 Å². The Kier molecular flexibility index (Phi) is 5.84. The second-order valence-corrected chi connectivity index (χ2v) is 12.6. The Bertz CT molecular complexity index is 1270. The number of hydrogen-bond acceptors (Lipinski definition) is 5. The SMILES string of the molecule is Cc1cc(=O)c(C(=O)N2CCN(C34CC5CC(CC(C5)C3)C4)CC2)c(C)n1CC1COc2ccccc2O1. The minimum Gasteiger partial charge on any atom is -0.486 e. The van der Waals surface area contributed by atoms with Crippen LogP contribution in [0.2, 0.25) is 0 Å². The van der Waals surface area contributed by atoms with Gasteiger partial charge in [0.05, 0.1) is 6.54 Å². The lowest BCUT2D eigenvalue weighted by atomic mass is 9.52.